The van der Waals surface area contributed by atoms with E-state index < -0.39 is 5.60 Å². The molecule has 0 aromatic heterocycles. The molecule has 0 aliphatic carbocycles. The topological polar surface area (TPSA) is 55.8 Å². The van der Waals surface area contributed by atoms with Gasteiger partial charge in [-0.2, -0.15) is 0 Å². The summed E-state index contributed by atoms with van der Waals surface area (Å²) in [7, 11) is 0. The van der Waals surface area contributed by atoms with Gasteiger partial charge in [0.05, 0.1) is 12.9 Å². The summed E-state index contributed by atoms with van der Waals surface area (Å²) >= 11 is 0. The van der Waals surface area contributed by atoms with Gasteiger partial charge in [-0.25, -0.2) is 4.79 Å². The molecule has 2 aliphatic heterocycles. The Hall–Kier alpha value is -1.52. The summed E-state index contributed by atoms with van der Waals surface area (Å²) in [5, 5.41) is 0. The molecular formula is C15H23NO4. The molecule has 0 N–H and O–H groups in total. The number of hydrogen-bond acceptors (Lipinski definition) is 4. The van der Waals surface area contributed by atoms with Gasteiger partial charge in [-0.1, -0.05) is 0 Å². The Morgan fingerprint density at radius 2 is 2.15 bits per heavy atom. The van der Waals surface area contributed by atoms with Crippen LogP contribution >= 0.6 is 0 Å². The summed E-state index contributed by atoms with van der Waals surface area (Å²) in [5.74, 6) is 0.00577. The van der Waals surface area contributed by atoms with Crippen LogP contribution in [0.3, 0.4) is 0 Å². The number of carbonyl (C=O) groups is 2. The molecule has 5 nitrogen and oxygen atoms in total. The summed E-state index contributed by atoms with van der Waals surface area (Å²) < 4.78 is 10.5. The van der Waals surface area contributed by atoms with Crippen LogP contribution in [0.15, 0.2) is 11.8 Å². The molecule has 0 bridgehead atoms. The van der Waals surface area contributed by atoms with Crippen molar-refractivity contribution in [1.29, 1.82) is 0 Å². The maximum Gasteiger partial charge on any atom is 0.410 e. The first kappa shape index (κ1) is 14.9. The van der Waals surface area contributed by atoms with Gasteiger partial charge in [0.2, 0.25) is 0 Å². The van der Waals surface area contributed by atoms with E-state index >= 15 is 0 Å². The first-order valence-corrected chi connectivity index (χ1v) is 7.19. The molecule has 2 aliphatic rings. The fourth-order valence-electron chi connectivity index (χ4n) is 2.47. The zero-order chi connectivity index (χ0) is 14.8. The molecule has 5 heteroatoms. The number of amides is 1. The van der Waals surface area contributed by atoms with Crippen molar-refractivity contribution >= 4 is 11.9 Å². The Kier molecular flexibility index (Phi) is 4.35. The summed E-state index contributed by atoms with van der Waals surface area (Å²) in [4.78, 5) is 25.9. The van der Waals surface area contributed by atoms with Gasteiger partial charge >= 0.3 is 6.09 Å². The van der Waals surface area contributed by atoms with E-state index in [2.05, 4.69) is 0 Å². The monoisotopic (exact) mass is 281 g/mol. The van der Waals surface area contributed by atoms with Crippen molar-refractivity contribution in [2.24, 2.45) is 5.92 Å². The van der Waals surface area contributed by atoms with E-state index in [4.69, 9.17) is 9.47 Å². The zero-order valence-electron chi connectivity index (χ0n) is 12.5. The minimum atomic E-state index is -0.501. The van der Waals surface area contributed by atoms with Crippen molar-refractivity contribution in [3.63, 3.8) is 0 Å². The molecular weight excluding hydrogens is 258 g/mol. The highest BCUT2D eigenvalue weighted by molar-refractivity contribution is 5.97. The number of ketones is 1. The van der Waals surface area contributed by atoms with Crippen molar-refractivity contribution < 1.29 is 19.1 Å². The Morgan fingerprint density at radius 3 is 2.75 bits per heavy atom. The van der Waals surface area contributed by atoms with E-state index in [1.54, 1.807) is 11.2 Å². The van der Waals surface area contributed by atoms with Crippen LogP contribution in [-0.2, 0) is 14.3 Å². The van der Waals surface area contributed by atoms with E-state index in [9.17, 15) is 9.59 Å². The molecule has 1 unspecified atom stereocenters. The number of likely N-dealkylation sites (tertiary alicyclic amines) is 1. The maximum atomic E-state index is 12.3. The average Bonchev–Trinajstić information content (AvgIpc) is 2.86. The third-order valence-corrected chi connectivity index (χ3v) is 3.46. The highest BCUT2D eigenvalue weighted by Gasteiger charge is 2.34. The van der Waals surface area contributed by atoms with Crippen LogP contribution in [0.5, 0.6) is 0 Å². The Bertz CT molecular complexity index is 422. The van der Waals surface area contributed by atoms with Gasteiger partial charge in [0.25, 0.3) is 0 Å². The van der Waals surface area contributed by atoms with E-state index in [0.29, 0.717) is 26.1 Å². The molecule has 1 atom stereocenters. The lowest BCUT2D eigenvalue weighted by Gasteiger charge is -2.24. The number of allylic oxidation sites excluding steroid dienone is 1. The fourth-order valence-corrected chi connectivity index (χ4v) is 2.47. The molecule has 0 radical (unpaired) electrons. The smallest absolute Gasteiger partial charge is 0.410 e. The highest BCUT2D eigenvalue weighted by atomic mass is 16.6. The van der Waals surface area contributed by atoms with Crippen LogP contribution in [0.2, 0.25) is 0 Å². The second-order valence-electron chi connectivity index (χ2n) is 6.39. The summed E-state index contributed by atoms with van der Waals surface area (Å²) in [5.41, 5.74) is 0.256. The average molecular weight is 281 g/mol. The van der Waals surface area contributed by atoms with E-state index in [1.807, 2.05) is 20.8 Å². The molecule has 0 aromatic rings. The van der Waals surface area contributed by atoms with Crippen molar-refractivity contribution in [2.45, 2.75) is 45.6 Å². The van der Waals surface area contributed by atoms with Crippen LogP contribution in [0, 0.1) is 5.92 Å². The van der Waals surface area contributed by atoms with Crippen molar-refractivity contribution in [2.75, 3.05) is 19.7 Å². The molecule has 112 valence electrons. The molecule has 1 fully saturated rings. The molecule has 0 spiro atoms. The van der Waals surface area contributed by atoms with E-state index in [-0.39, 0.29) is 17.8 Å². The second-order valence-corrected chi connectivity index (χ2v) is 6.39. The number of Topliss-reactive ketones (excluding diaryl/α,β-unsaturated/α-hetero) is 1. The minimum Gasteiger partial charge on any atom is -0.501 e. The van der Waals surface area contributed by atoms with Crippen LogP contribution in [0.25, 0.3) is 0 Å². The molecule has 0 aromatic carbocycles. The van der Waals surface area contributed by atoms with Crippen molar-refractivity contribution in [1.82, 2.24) is 4.90 Å². The number of rotatable bonds is 2. The minimum absolute atomic E-state index is 0.115. The Labute approximate surface area is 119 Å². The molecule has 1 amide bonds. The zero-order valence-corrected chi connectivity index (χ0v) is 12.5. The fraction of sp³-hybridized carbons (Fsp3) is 0.733. The third-order valence-electron chi connectivity index (χ3n) is 3.46. The summed E-state index contributed by atoms with van der Waals surface area (Å²) in [6.07, 6.45) is 3.63. The first-order chi connectivity index (χ1) is 9.37. The lowest BCUT2D eigenvalue weighted by molar-refractivity contribution is -0.119. The lowest BCUT2D eigenvalue weighted by atomic mass is 9.94. The highest BCUT2D eigenvalue weighted by Crippen LogP contribution is 2.25. The van der Waals surface area contributed by atoms with Gasteiger partial charge in [0.15, 0.2) is 5.78 Å². The van der Waals surface area contributed by atoms with Gasteiger partial charge in [-0.05, 0) is 40.0 Å². The van der Waals surface area contributed by atoms with Gasteiger partial charge in [0.1, 0.15) is 5.60 Å². The number of hydrogen-bond donors (Lipinski definition) is 0. The molecule has 2 rings (SSSR count). The number of carbonyl (C=O) groups excluding carboxylic acids is 2. The van der Waals surface area contributed by atoms with Crippen LogP contribution in [-0.4, -0.2) is 42.1 Å². The van der Waals surface area contributed by atoms with Crippen molar-refractivity contribution in [3.05, 3.63) is 11.8 Å². The Balaban J connectivity index is 1.90. The number of nitrogens with zero attached hydrogens (tertiary/aromatic N) is 1. The predicted molar refractivity (Wildman–Crippen MR) is 74.2 cm³/mol. The molecule has 1 saturated heterocycles. The van der Waals surface area contributed by atoms with E-state index in [1.165, 1.54) is 0 Å². The second kappa shape index (κ2) is 5.85. The van der Waals surface area contributed by atoms with Gasteiger partial charge in [-0.15, -0.1) is 0 Å². The Morgan fingerprint density at radius 1 is 1.40 bits per heavy atom. The first-order valence-electron chi connectivity index (χ1n) is 7.19. The van der Waals surface area contributed by atoms with Gasteiger partial charge in [0, 0.05) is 24.6 Å². The normalized spacial score (nSPS) is 23.1. The van der Waals surface area contributed by atoms with Crippen LogP contribution in [0.1, 0.15) is 40.0 Å². The lowest BCUT2D eigenvalue weighted by Crippen LogP contribution is -2.36. The molecule has 20 heavy (non-hydrogen) atoms. The predicted octanol–water partition coefficient (Wildman–Crippen LogP) is 2.51. The van der Waals surface area contributed by atoms with E-state index in [0.717, 1.165) is 18.4 Å². The van der Waals surface area contributed by atoms with Gasteiger partial charge in [-0.3, -0.25) is 4.79 Å². The van der Waals surface area contributed by atoms with Crippen LogP contribution < -0.4 is 0 Å². The maximum absolute atomic E-state index is 12.3. The molecule has 2 heterocycles. The molecule has 0 saturated carbocycles. The quantitative estimate of drug-likeness (QED) is 0.780. The third kappa shape index (κ3) is 3.74. The largest absolute Gasteiger partial charge is 0.501 e. The SMILES string of the molecule is CC(C)(C)OC(=O)N1CCC(C(=O)C2=COCCC2)C1. The van der Waals surface area contributed by atoms with Crippen LogP contribution in [0.4, 0.5) is 4.79 Å². The number of ether oxygens (including phenoxy) is 2. The standard InChI is InChI=1S/C15H23NO4/c1-15(2,3)20-14(18)16-7-6-11(9-16)13(17)12-5-4-8-19-10-12/h10-11H,4-9H2,1-3H3. The summed E-state index contributed by atoms with van der Waals surface area (Å²) in [6, 6.07) is 0. The summed E-state index contributed by atoms with van der Waals surface area (Å²) in [6.45, 7) is 7.24. The van der Waals surface area contributed by atoms with Gasteiger partial charge < -0.3 is 14.4 Å². The van der Waals surface area contributed by atoms with Crippen molar-refractivity contribution in [3.8, 4) is 0 Å².